The van der Waals surface area contributed by atoms with Crippen molar-refractivity contribution in [1.82, 2.24) is 15.0 Å². The van der Waals surface area contributed by atoms with E-state index < -0.39 is 0 Å². The topological polar surface area (TPSA) is 50.8 Å². The molecule has 1 aliphatic carbocycles. The minimum Gasteiger partial charge on any atom is -0.497 e. The number of fused-ring (bicyclic) bond motifs is 3. The van der Waals surface area contributed by atoms with Crippen LogP contribution in [0.5, 0.6) is 5.75 Å². The number of methoxy groups -OCH3 is 1. The van der Waals surface area contributed by atoms with Crippen molar-refractivity contribution in [3.05, 3.63) is 54.1 Å². The normalized spacial score (nSPS) is 12.6. The van der Waals surface area contributed by atoms with Crippen LogP contribution in [-0.4, -0.2) is 22.1 Å². The van der Waals surface area contributed by atoms with Crippen LogP contribution in [0.4, 0.5) is 0 Å². The summed E-state index contributed by atoms with van der Waals surface area (Å²) in [6.45, 7) is 0. The summed E-state index contributed by atoms with van der Waals surface area (Å²) in [5.41, 5.74) is 7.18. The summed E-state index contributed by atoms with van der Waals surface area (Å²) in [5, 5.41) is 0. The summed E-state index contributed by atoms with van der Waals surface area (Å²) >= 11 is 0. The molecule has 0 atom stereocenters. The third kappa shape index (κ3) is 1.91. The summed E-state index contributed by atoms with van der Waals surface area (Å²) in [4.78, 5) is 12.0. The number of ether oxygens (including phenoxy) is 1. The molecule has 0 spiro atoms. The number of rotatable bonds is 2. The van der Waals surface area contributed by atoms with Gasteiger partial charge in [-0.25, -0.2) is 0 Å². The number of nitrogens with zero attached hydrogens (tertiary/aromatic N) is 2. The highest BCUT2D eigenvalue weighted by Gasteiger charge is 2.22. The van der Waals surface area contributed by atoms with Gasteiger partial charge in [-0.15, -0.1) is 0 Å². The Morgan fingerprint density at radius 3 is 2.90 bits per heavy atom. The number of aromatic nitrogens is 3. The van der Waals surface area contributed by atoms with E-state index in [0.717, 1.165) is 29.8 Å². The van der Waals surface area contributed by atoms with Crippen LogP contribution in [0, 0.1) is 0 Å². The van der Waals surface area contributed by atoms with Crippen molar-refractivity contribution in [3.8, 4) is 28.3 Å². The van der Waals surface area contributed by atoms with Crippen LogP contribution in [0.2, 0.25) is 0 Å². The lowest BCUT2D eigenvalue weighted by Gasteiger charge is -2.18. The molecule has 4 nitrogen and oxygen atoms in total. The van der Waals surface area contributed by atoms with Gasteiger partial charge in [0.25, 0.3) is 0 Å². The van der Waals surface area contributed by atoms with Gasteiger partial charge in [-0.2, -0.15) is 0 Å². The van der Waals surface area contributed by atoms with E-state index in [1.165, 1.54) is 22.4 Å². The molecule has 2 aromatic heterocycles. The molecule has 0 aliphatic heterocycles. The Morgan fingerprint density at radius 2 is 2.10 bits per heavy atom. The fourth-order valence-electron chi connectivity index (χ4n) is 3.03. The van der Waals surface area contributed by atoms with Crippen LogP contribution in [0.1, 0.15) is 11.1 Å². The zero-order valence-electron chi connectivity index (χ0n) is 11.8. The molecular formula is C17H15N3O. The molecular weight excluding hydrogens is 262 g/mol. The lowest BCUT2D eigenvalue weighted by molar-refractivity contribution is 0.414. The Morgan fingerprint density at radius 1 is 1.14 bits per heavy atom. The second-order valence-electron chi connectivity index (χ2n) is 5.17. The van der Waals surface area contributed by atoms with Crippen molar-refractivity contribution in [1.29, 1.82) is 0 Å². The maximum atomic E-state index is 5.31. The van der Waals surface area contributed by atoms with Crippen LogP contribution in [0.25, 0.3) is 22.5 Å². The van der Waals surface area contributed by atoms with Gasteiger partial charge in [-0.1, -0.05) is 0 Å². The molecule has 0 unspecified atom stereocenters. The van der Waals surface area contributed by atoms with E-state index in [1.807, 2.05) is 18.5 Å². The van der Waals surface area contributed by atoms with E-state index in [-0.39, 0.29) is 0 Å². The third-order valence-corrected chi connectivity index (χ3v) is 4.05. The molecule has 4 heteroatoms. The molecule has 21 heavy (non-hydrogen) atoms. The molecule has 1 N–H and O–H groups in total. The standard InChI is InChI=1S/C17H15N3O/c1-21-12-3-5-13-11(8-12)2-4-14-15(9-20-17(13)14)16-10-18-6-7-19-16/h3,5-10,20H,2,4H2,1H3. The number of hydrogen-bond donors (Lipinski definition) is 1. The Balaban J connectivity index is 1.85. The Bertz CT molecular complexity index is 793. The maximum Gasteiger partial charge on any atom is 0.119 e. The van der Waals surface area contributed by atoms with Gasteiger partial charge in [0.05, 0.1) is 19.0 Å². The largest absolute Gasteiger partial charge is 0.497 e. The highest BCUT2D eigenvalue weighted by Crippen LogP contribution is 2.38. The van der Waals surface area contributed by atoms with Gasteiger partial charge in [0.1, 0.15) is 5.75 Å². The van der Waals surface area contributed by atoms with Gasteiger partial charge in [0.15, 0.2) is 0 Å². The van der Waals surface area contributed by atoms with E-state index in [2.05, 4.69) is 27.1 Å². The molecule has 2 heterocycles. The van der Waals surface area contributed by atoms with E-state index in [1.54, 1.807) is 19.5 Å². The lowest BCUT2D eigenvalue weighted by atomic mass is 9.88. The summed E-state index contributed by atoms with van der Waals surface area (Å²) in [5.74, 6) is 0.915. The number of aromatic amines is 1. The molecule has 1 aliphatic rings. The van der Waals surface area contributed by atoms with Crippen LogP contribution >= 0.6 is 0 Å². The summed E-state index contributed by atoms with van der Waals surface area (Å²) < 4.78 is 5.31. The smallest absolute Gasteiger partial charge is 0.119 e. The van der Waals surface area contributed by atoms with Crippen LogP contribution in [0.15, 0.2) is 43.0 Å². The average molecular weight is 277 g/mol. The second kappa shape index (κ2) is 4.74. The molecule has 3 aromatic rings. The predicted octanol–water partition coefficient (Wildman–Crippen LogP) is 3.25. The highest BCUT2D eigenvalue weighted by molar-refractivity contribution is 5.79. The number of aryl methyl sites for hydroxylation is 1. The van der Waals surface area contributed by atoms with Gasteiger partial charge in [0.2, 0.25) is 0 Å². The molecule has 0 fully saturated rings. The number of hydrogen-bond acceptors (Lipinski definition) is 3. The fraction of sp³-hybridized carbons (Fsp3) is 0.176. The van der Waals surface area contributed by atoms with Crippen molar-refractivity contribution in [3.63, 3.8) is 0 Å². The van der Waals surface area contributed by atoms with Crippen LogP contribution in [-0.2, 0) is 12.8 Å². The first kappa shape index (κ1) is 12.1. The molecule has 0 saturated carbocycles. The summed E-state index contributed by atoms with van der Waals surface area (Å²) in [6.07, 6.45) is 9.30. The number of benzene rings is 1. The minimum atomic E-state index is 0.915. The molecule has 0 radical (unpaired) electrons. The summed E-state index contributed by atoms with van der Waals surface area (Å²) in [7, 11) is 1.71. The van der Waals surface area contributed by atoms with Gasteiger partial charge in [-0.3, -0.25) is 9.97 Å². The highest BCUT2D eigenvalue weighted by atomic mass is 16.5. The minimum absolute atomic E-state index is 0.915. The van der Waals surface area contributed by atoms with E-state index in [4.69, 9.17) is 4.74 Å². The average Bonchev–Trinajstić information content (AvgIpc) is 2.99. The van der Waals surface area contributed by atoms with E-state index in [9.17, 15) is 0 Å². The fourth-order valence-corrected chi connectivity index (χ4v) is 3.03. The first-order valence-corrected chi connectivity index (χ1v) is 7.01. The Labute approximate surface area is 122 Å². The number of H-pyrrole nitrogens is 1. The first-order valence-electron chi connectivity index (χ1n) is 7.01. The van der Waals surface area contributed by atoms with Crippen molar-refractivity contribution in [2.24, 2.45) is 0 Å². The molecule has 0 bridgehead atoms. The van der Waals surface area contributed by atoms with Gasteiger partial charge >= 0.3 is 0 Å². The zero-order chi connectivity index (χ0) is 14.2. The monoisotopic (exact) mass is 277 g/mol. The quantitative estimate of drug-likeness (QED) is 0.782. The van der Waals surface area contributed by atoms with Gasteiger partial charge in [-0.05, 0) is 42.2 Å². The SMILES string of the molecule is COc1ccc2c(c1)CCc1c(-c3cnccn3)c[nH]c1-2. The zero-order valence-corrected chi connectivity index (χ0v) is 11.8. The summed E-state index contributed by atoms with van der Waals surface area (Å²) in [6, 6.07) is 6.26. The third-order valence-electron chi connectivity index (χ3n) is 4.05. The molecule has 0 amide bonds. The Kier molecular flexibility index (Phi) is 2.74. The van der Waals surface area contributed by atoms with E-state index in [0.29, 0.717) is 0 Å². The second-order valence-corrected chi connectivity index (χ2v) is 5.17. The van der Waals surface area contributed by atoms with Gasteiger partial charge < -0.3 is 9.72 Å². The van der Waals surface area contributed by atoms with Crippen molar-refractivity contribution in [2.45, 2.75) is 12.8 Å². The first-order chi connectivity index (χ1) is 10.4. The van der Waals surface area contributed by atoms with Crippen LogP contribution in [0.3, 0.4) is 0 Å². The predicted molar refractivity (Wildman–Crippen MR) is 81.2 cm³/mol. The Hall–Kier alpha value is -2.62. The van der Waals surface area contributed by atoms with Crippen molar-refractivity contribution in [2.75, 3.05) is 7.11 Å². The van der Waals surface area contributed by atoms with Crippen LogP contribution < -0.4 is 4.74 Å². The van der Waals surface area contributed by atoms with Crippen molar-refractivity contribution >= 4 is 0 Å². The lowest BCUT2D eigenvalue weighted by Crippen LogP contribution is -2.04. The van der Waals surface area contributed by atoms with E-state index >= 15 is 0 Å². The molecule has 4 rings (SSSR count). The van der Waals surface area contributed by atoms with Gasteiger partial charge in [0, 0.05) is 35.4 Å². The van der Waals surface area contributed by atoms with Crippen molar-refractivity contribution < 1.29 is 4.74 Å². The number of nitrogens with one attached hydrogen (secondary N) is 1. The molecule has 1 aromatic carbocycles. The molecule has 0 saturated heterocycles. The molecule has 104 valence electrons. The maximum absolute atomic E-state index is 5.31.